The van der Waals surface area contributed by atoms with Crippen molar-refractivity contribution < 1.29 is 14.3 Å². The number of esters is 1. The fraction of sp³-hybridized carbons (Fsp3) is 0.842. The van der Waals surface area contributed by atoms with Gasteiger partial charge in [0.05, 0.1) is 6.61 Å². The van der Waals surface area contributed by atoms with Crippen molar-refractivity contribution in [1.29, 1.82) is 0 Å². The monoisotopic (exact) mass is 306 g/mol. The molecule has 1 aliphatic heterocycles. The summed E-state index contributed by atoms with van der Waals surface area (Å²) in [5.74, 6) is 0.639. The molecule has 0 spiro atoms. The normalized spacial score (nSPS) is 40.7. The molecule has 0 radical (unpaired) electrons. The minimum atomic E-state index is -0.323. The van der Waals surface area contributed by atoms with E-state index in [-0.39, 0.29) is 12.3 Å². The van der Waals surface area contributed by atoms with Gasteiger partial charge in [0.2, 0.25) is 6.29 Å². The van der Waals surface area contributed by atoms with Crippen LogP contribution in [-0.2, 0) is 14.3 Å². The first-order valence-electron chi connectivity index (χ1n) is 8.77. The van der Waals surface area contributed by atoms with E-state index in [1.165, 1.54) is 32.6 Å². The van der Waals surface area contributed by atoms with Gasteiger partial charge in [-0.15, -0.1) is 0 Å². The van der Waals surface area contributed by atoms with E-state index < -0.39 is 0 Å². The molecule has 1 saturated heterocycles. The topological polar surface area (TPSA) is 35.5 Å². The molecule has 0 aromatic heterocycles. The van der Waals surface area contributed by atoms with E-state index >= 15 is 0 Å². The number of hydrogen-bond acceptors (Lipinski definition) is 3. The van der Waals surface area contributed by atoms with E-state index in [0.717, 1.165) is 19.4 Å². The van der Waals surface area contributed by atoms with Crippen molar-refractivity contribution in [2.24, 2.45) is 22.7 Å². The summed E-state index contributed by atoms with van der Waals surface area (Å²) in [6.07, 6.45) is 9.51. The Bertz CT molecular complexity index is 479. The molecule has 22 heavy (non-hydrogen) atoms. The van der Waals surface area contributed by atoms with Gasteiger partial charge in [0.15, 0.2) is 0 Å². The molecule has 3 nitrogen and oxygen atoms in total. The van der Waals surface area contributed by atoms with Crippen LogP contribution >= 0.6 is 0 Å². The van der Waals surface area contributed by atoms with Gasteiger partial charge in [0, 0.05) is 12.8 Å². The fourth-order valence-corrected chi connectivity index (χ4v) is 5.09. The fourth-order valence-electron chi connectivity index (χ4n) is 5.09. The van der Waals surface area contributed by atoms with Gasteiger partial charge in [-0.25, -0.2) is 0 Å². The van der Waals surface area contributed by atoms with Crippen LogP contribution in [0.1, 0.15) is 66.2 Å². The molecule has 124 valence electrons. The molecule has 4 atom stereocenters. The summed E-state index contributed by atoms with van der Waals surface area (Å²) in [7, 11) is 0. The summed E-state index contributed by atoms with van der Waals surface area (Å²) >= 11 is 0. The maximum atomic E-state index is 11.2. The molecule has 2 fully saturated rings. The summed E-state index contributed by atoms with van der Waals surface area (Å²) in [4.78, 5) is 11.2. The first-order valence-corrected chi connectivity index (χ1v) is 8.77. The Morgan fingerprint density at radius 2 is 2.09 bits per heavy atom. The molecule has 3 rings (SSSR count). The standard InChI is InChI=1S/C19H30O3/c1-13(20)22-17-16-7-6-15(10-14(16)11-21-17)19(4)9-5-8-18(2,3)12-19/h6,14,16-17H,5,7-12H2,1-4H3/t14-,16-,17+,19?/m1/s1. The molecule has 3 heteroatoms. The molecule has 0 aromatic carbocycles. The first-order chi connectivity index (χ1) is 10.3. The SMILES string of the molecule is CC(=O)O[C@@H]1OC[C@H]2CC(C3(C)CCCC(C)(C)C3)=CC[C@H]21. The highest BCUT2D eigenvalue weighted by Crippen LogP contribution is 2.53. The minimum absolute atomic E-state index is 0.235. The Balaban J connectivity index is 1.72. The van der Waals surface area contributed by atoms with E-state index in [4.69, 9.17) is 9.47 Å². The van der Waals surface area contributed by atoms with Crippen LogP contribution in [-0.4, -0.2) is 18.9 Å². The van der Waals surface area contributed by atoms with Crippen LogP contribution in [0.4, 0.5) is 0 Å². The summed E-state index contributed by atoms with van der Waals surface area (Å²) < 4.78 is 11.1. The van der Waals surface area contributed by atoms with Crippen LogP contribution in [0.2, 0.25) is 0 Å². The van der Waals surface area contributed by atoms with Gasteiger partial charge in [0.25, 0.3) is 0 Å². The zero-order valence-electron chi connectivity index (χ0n) is 14.5. The van der Waals surface area contributed by atoms with Gasteiger partial charge in [0.1, 0.15) is 0 Å². The highest BCUT2D eigenvalue weighted by molar-refractivity contribution is 5.66. The molecule has 1 heterocycles. The lowest BCUT2D eigenvalue weighted by atomic mass is 9.59. The number of fused-ring (bicyclic) bond motifs is 1. The van der Waals surface area contributed by atoms with E-state index in [0.29, 0.717) is 22.7 Å². The third-order valence-electron chi connectivity index (χ3n) is 6.06. The third-order valence-corrected chi connectivity index (χ3v) is 6.06. The van der Waals surface area contributed by atoms with Gasteiger partial charge < -0.3 is 9.47 Å². The summed E-state index contributed by atoms with van der Waals surface area (Å²) in [6.45, 7) is 9.48. The number of hydrogen-bond donors (Lipinski definition) is 0. The molecule has 2 aliphatic carbocycles. The second kappa shape index (κ2) is 5.67. The van der Waals surface area contributed by atoms with Crippen molar-refractivity contribution in [3.8, 4) is 0 Å². The average Bonchev–Trinajstić information content (AvgIpc) is 2.79. The van der Waals surface area contributed by atoms with Crippen molar-refractivity contribution >= 4 is 5.97 Å². The highest BCUT2D eigenvalue weighted by Gasteiger charge is 2.45. The quantitative estimate of drug-likeness (QED) is 0.558. The van der Waals surface area contributed by atoms with Crippen molar-refractivity contribution in [3.05, 3.63) is 11.6 Å². The van der Waals surface area contributed by atoms with Gasteiger partial charge in [-0.05, 0) is 48.9 Å². The average molecular weight is 306 g/mol. The first kappa shape index (κ1) is 16.0. The van der Waals surface area contributed by atoms with Crippen LogP contribution in [0.25, 0.3) is 0 Å². The zero-order valence-corrected chi connectivity index (χ0v) is 14.5. The van der Waals surface area contributed by atoms with Gasteiger partial charge in [-0.1, -0.05) is 38.8 Å². The second-order valence-corrected chi connectivity index (χ2v) is 8.66. The molecular formula is C19H30O3. The number of carbonyl (C=O) groups excluding carboxylic acids is 1. The lowest BCUT2D eigenvalue weighted by Crippen LogP contribution is -2.35. The zero-order chi connectivity index (χ0) is 16.0. The smallest absolute Gasteiger partial charge is 0.304 e. The highest BCUT2D eigenvalue weighted by atomic mass is 16.7. The molecule has 0 amide bonds. The Hall–Kier alpha value is -0.830. The van der Waals surface area contributed by atoms with Gasteiger partial charge in [-0.2, -0.15) is 0 Å². The predicted molar refractivity (Wildman–Crippen MR) is 86.2 cm³/mol. The van der Waals surface area contributed by atoms with Crippen molar-refractivity contribution in [2.75, 3.05) is 6.61 Å². The van der Waals surface area contributed by atoms with E-state index in [9.17, 15) is 4.79 Å². The van der Waals surface area contributed by atoms with Gasteiger partial charge in [-0.3, -0.25) is 4.79 Å². The number of rotatable bonds is 2. The molecule has 0 N–H and O–H groups in total. The molecule has 0 bridgehead atoms. The Kier molecular flexibility index (Phi) is 4.13. The third kappa shape index (κ3) is 3.10. The minimum Gasteiger partial charge on any atom is -0.436 e. The van der Waals surface area contributed by atoms with Crippen molar-refractivity contribution in [3.63, 3.8) is 0 Å². The van der Waals surface area contributed by atoms with Crippen molar-refractivity contribution in [1.82, 2.24) is 0 Å². The van der Waals surface area contributed by atoms with Crippen molar-refractivity contribution in [2.45, 2.75) is 72.5 Å². The molecule has 0 aromatic rings. The predicted octanol–water partition coefficient (Wildman–Crippen LogP) is 4.46. The molecule has 3 aliphatic rings. The maximum absolute atomic E-state index is 11.2. The number of allylic oxidation sites excluding steroid dienone is 2. The summed E-state index contributed by atoms with van der Waals surface area (Å²) in [6, 6.07) is 0. The molecular weight excluding hydrogens is 276 g/mol. The van der Waals surface area contributed by atoms with E-state index in [1.807, 2.05) is 0 Å². The number of carbonyl (C=O) groups is 1. The number of ether oxygens (including phenoxy) is 2. The van der Waals surface area contributed by atoms with Crippen LogP contribution in [0.5, 0.6) is 0 Å². The summed E-state index contributed by atoms with van der Waals surface area (Å²) in [5, 5.41) is 0. The molecule has 1 unspecified atom stereocenters. The maximum Gasteiger partial charge on any atom is 0.304 e. The lowest BCUT2D eigenvalue weighted by Gasteiger charge is -2.46. The largest absolute Gasteiger partial charge is 0.436 e. The van der Waals surface area contributed by atoms with E-state index in [2.05, 4.69) is 26.8 Å². The van der Waals surface area contributed by atoms with Crippen LogP contribution in [0.15, 0.2) is 11.6 Å². The Labute approximate surface area is 134 Å². The van der Waals surface area contributed by atoms with Gasteiger partial charge >= 0.3 is 5.97 Å². The van der Waals surface area contributed by atoms with Crippen LogP contribution in [0.3, 0.4) is 0 Å². The summed E-state index contributed by atoms with van der Waals surface area (Å²) in [5.41, 5.74) is 2.44. The van der Waals surface area contributed by atoms with Crippen LogP contribution < -0.4 is 0 Å². The van der Waals surface area contributed by atoms with Crippen LogP contribution in [0, 0.1) is 22.7 Å². The lowest BCUT2D eigenvalue weighted by molar-refractivity contribution is -0.173. The Morgan fingerprint density at radius 1 is 1.32 bits per heavy atom. The second-order valence-electron chi connectivity index (χ2n) is 8.66. The van der Waals surface area contributed by atoms with E-state index in [1.54, 1.807) is 5.57 Å². The molecule has 1 saturated carbocycles. The Morgan fingerprint density at radius 3 is 2.77 bits per heavy atom.